The van der Waals surface area contributed by atoms with Gasteiger partial charge >= 0.3 is 0 Å². The van der Waals surface area contributed by atoms with Gasteiger partial charge < -0.3 is 4.57 Å². The standard InChI is InChI=1S/C14H15BrN2/c1-10-5-6-14-16-13(9-17(14)8-10)11-3-2-4-12(15)7-11/h2-4,7,9-10H,5-6,8H2,1H3/t10-/m0/s1. The van der Waals surface area contributed by atoms with Gasteiger partial charge in [-0.15, -0.1) is 0 Å². The van der Waals surface area contributed by atoms with E-state index in [0.29, 0.717) is 0 Å². The predicted molar refractivity (Wildman–Crippen MR) is 72.8 cm³/mol. The monoisotopic (exact) mass is 290 g/mol. The van der Waals surface area contributed by atoms with Gasteiger partial charge in [-0.05, 0) is 24.5 Å². The Kier molecular flexibility index (Phi) is 2.79. The summed E-state index contributed by atoms with van der Waals surface area (Å²) in [6.45, 7) is 3.41. The normalized spacial score (nSPS) is 19.1. The minimum atomic E-state index is 0.770. The van der Waals surface area contributed by atoms with Crippen LogP contribution in [0.2, 0.25) is 0 Å². The third-order valence-electron chi connectivity index (χ3n) is 3.35. The molecule has 0 saturated carbocycles. The van der Waals surface area contributed by atoms with Gasteiger partial charge in [-0.2, -0.15) is 0 Å². The van der Waals surface area contributed by atoms with Gasteiger partial charge in [0.1, 0.15) is 5.82 Å². The fourth-order valence-corrected chi connectivity index (χ4v) is 2.80. The van der Waals surface area contributed by atoms with Crippen LogP contribution in [-0.4, -0.2) is 9.55 Å². The molecule has 88 valence electrons. The minimum Gasteiger partial charge on any atom is -0.334 e. The number of halogens is 1. The fourth-order valence-electron chi connectivity index (χ4n) is 2.40. The second kappa shape index (κ2) is 4.30. The van der Waals surface area contributed by atoms with Crippen LogP contribution in [0.25, 0.3) is 11.3 Å². The zero-order valence-corrected chi connectivity index (χ0v) is 11.4. The van der Waals surface area contributed by atoms with E-state index >= 15 is 0 Å². The summed E-state index contributed by atoms with van der Waals surface area (Å²) in [4.78, 5) is 4.74. The molecule has 0 amide bonds. The van der Waals surface area contributed by atoms with Gasteiger partial charge in [0.15, 0.2) is 0 Å². The second-order valence-electron chi connectivity index (χ2n) is 4.85. The molecular weight excluding hydrogens is 276 g/mol. The topological polar surface area (TPSA) is 17.8 Å². The van der Waals surface area contributed by atoms with Crippen molar-refractivity contribution in [3.05, 3.63) is 40.8 Å². The van der Waals surface area contributed by atoms with Gasteiger partial charge in [0.25, 0.3) is 0 Å². The summed E-state index contributed by atoms with van der Waals surface area (Å²) in [5, 5.41) is 0. The summed E-state index contributed by atoms with van der Waals surface area (Å²) in [5.41, 5.74) is 2.28. The van der Waals surface area contributed by atoms with Gasteiger partial charge in [-0.1, -0.05) is 35.0 Å². The van der Waals surface area contributed by atoms with Crippen molar-refractivity contribution in [3.63, 3.8) is 0 Å². The first kappa shape index (κ1) is 11.0. The van der Waals surface area contributed by atoms with E-state index in [1.807, 2.05) is 6.07 Å². The molecule has 3 heteroatoms. The number of imidazole rings is 1. The number of hydrogen-bond acceptors (Lipinski definition) is 1. The molecule has 1 aromatic heterocycles. The van der Waals surface area contributed by atoms with Crippen LogP contribution < -0.4 is 0 Å². The molecule has 0 aliphatic carbocycles. The van der Waals surface area contributed by atoms with Crippen LogP contribution in [0.1, 0.15) is 19.2 Å². The van der Waals surface area contributed by atoms with E-state index < -0.39 is 0 Å². The Morgan fingerprint density at radius 1 is 1.41 bits per heavy atom. The summed E-state index contributed by atoms with van der Waals surface area (Å²) < 4.78 is 3.42. The molecule has 0 bridgehead atoms. The van der Waals surface area contributed by atoms with Crippen LogP contribution >= 0.6 is 15.9 Å². The largest absolute Gasteiger partial charge is 0.334 e. The van der Waals surface area contributed by atoms with Gasteiger partial charge in [0.05, 0.1) is 5.69 Å². The number of rotatable bonds is 1. The summed E-state index contributed by atoms with van der Waals surface area (Å²) in [7, 11) is 0. The zero-order valence-electron chi connectivity index (χ0n) is 9.86. The van der Waals surface area contributed by atoms with Crippen LogP contribution in [0.15, 0.2) is 34.9 Å². The molecule has 2 aromatic rings. The van der Waals surface area contributed by atoms with Gasteiger partial charge in [0.2, 0.25) is 0 Å². The van der Waals surface area contributed by atoms with E-state index in [1.54, 1.807) is 0 Å². The van der Waals surface area contributed by atoms with Gasteiger partial charge in [0, 0.05) is 29.2 Å². The minimum absolute atomic E-state index is 0.770. The SMILES string of the molecule is C[C@H]1CCc2nc(-c3cccc(Br)c3)cn2C1. The number of aryl methyl sites for hydroxylation is 1. The van der Waals surface area contributed by atoms with E-state index in [0.717, 1.165) is 29.1 Å². The molecule has 1 atom stereocenters. The Hall–Kier alpha value is -1.09. The molecule has 1 aliphatic rings. The number of nitrogens with zero attached hydrogens (tertiary/aromatic N) is 2. The molecule has 0 radical (unpaired) electrons. The Balaban J connectivity index is 2.00. The molecule has 0 spiro atoms. The van der Waals surface area contributed by atoms with Crippen molar-refractivity contribution >= 4 is 15.9 Å². The highest BCUT2D eigenvalue weighted by atomic mass is 79.9. The van der Waals surface area contributed by atoms with Crippen LogP contribution in [0.5, 0.6) is 0 Å². The molecule has 1 aromatic carbocycles. The van der Waals surface area contributed by atoms with Crippen LogP contribution in [0.4, 0.5) is 0 Å². The predicted octanol–water partition coefficient (Wildman–Crippen LogP) is 3.89. The Bertz CT molecular complexity index is 545. The number of hydrogen-bond donors (Lipinski definition) is 0. The van der Waals surface area contributed by atoms with Crippen molar-refractivity contribution < 1.29 is 0 Å². The lowest BCUT2D eigenvalue weighted by Gasteiger charge is -2.19. The average Bonchev–Trinajstić information content (AvgIpc) is 2.72. The first-order chi connectivity index (χ1) is 8.22. The van der Waals surface area contributed by atoms with Crippen molar-refractivity contribution in [2.45, 2.75) is 26.3 Å². The Labute approximate surface area is 110 Å². The van der Waals surface area contributed by atoms with Crippen LogP contribution in [0.3, 0.4) is 0 Å². The van der Waals surface area contributed by atoms with Crippen molar-refractivity contribution in [2.24, 2.45) is 5.92 Å². The van der Waals surface area contributed by atoms with E-state index in [2.05, 4.69) is 51.8 Å². The van der Waals surface area contributed by atoms with Gasteiger partial charge in [-0.25, -0.2) is 4.98 Å². The Morgan fingerprint density at radius 2 is 2.29 bits per heavy atom. The molecule has 0 fully saturated rings. The molecular formula is C14H15BrN2. The molecule has 1 aliphatic heterocycles. The van der Waals surface area contributed by atoms with Gasteiger partial charge in [-0.3, -0.25) is 0 Å². The first-order valence-electron chi connectivity index (χ1n) is 6.04. The fraction of sp³-hybridized carbons (Fsp3) is 0.357. The zero-order chi connectivity index (χ0) is 11.8. The smallest absolute Gasteiger partial charge is 0.109 e. The van der Waals surface area contributed by atoms with E-state index in [4.69, 9.17) is 4.98 Å². The van der Waals surface area contributed by atoms with Crippen molar-refractivity contribution in [2.75, 3.05) is 0 Å². The molecule has 0 unspecified atom stereocenters. The first-order valence-corrected chi connectivity index (χ1v) is 6.83. The summed E-state index contributed by atoms with van der Waals surface area (Å²) in [6.07, 6.45) is 4.55. The quantitative estimate of drug-likeness (QED) is 0.779. The van der Waals surface area contributed by atoms with Crippen molar-refractivity contribution in [1.82, 2.24) is 9.55 Å². The highest BCUT2D eigenvalue weighted by molar-refractivity contribution is 9.10. The maximum absolute atomic E-state index is 4.74. The van der Waals surface area contributed by atoms with E-state index in [9.17, 15) is 0 Å². The van der Waals surface area contributed by atoms with Crippen LogP contribution in [0, 0.1) is 5.92 Å². The third kappa shape index (κ3) is 2.16. The maximum atomic E-state index is 4.74. The van der Waals surface area contributed by atoms with E-state index in [1.165, 1.54) is 17.8 Å². The summed E-state index contributed by atoms with van der Waals surface area (Å²) in [5.74, 6) is 2.00. The molecule has 17 heavy (non-hydrogen) atoms. The van der Waals surface area contributed by atoms with Crippen molar-refractivity contribution in [3.8, 4) is 11.3 Å². The molecule has 3 rings (SSSR count). The van der Waals surface area contributed by atoms with E-state index in [-0.39, 0.29) is 0 Å². The number of aromatic nitrogens is 2. The lowest BCUT2D eigenvalue weighted by molar-refractivity contribution is 0.394. The molecule has 0 saturated heterocycles. The molecule has 2 heterocycles. The number of benzene rings is 1. The van der Waals surface area contributed by atoms with Crippen molar-refractivity contribution in [1.29, 1.82) is 0 Å². The highest BCUT2D eigenvalue weighted by Gasteiger charge is 2.17. The molecule has 0 N–H and O–H groups in total. The number of fused-ring (bicyclic) bond motifs is 1. The Morgan fingerprint density at radius 3 is 3.12 bits per heavy atom. The second-order valence-corrected chi connectivity index (χ2v) is 5.76. The summed E-state index contributed by atoms with van der Waals surface area (Å²) in [6, 6.07) is 8.34. The van der Waals surface area contributed by atoms with Crippen LogP contribution in [-0.2, 0) is 13.0 Å². The lowest BCUT2D eigenvalue weighted by atomic mass is 10.0. The highest BCUT2D eigenvalue weighted by Crippen LogP contribution is 2.26. The lowest BCUT2D eigenvalue weighted by Crippen LogP contribution is -2.17. The average molecular weight is 291 g/mol. The maximum Gasteiger partial charge on any atom is 0.109 e. The summed E-state index contributed by atoms with van der Waals surface area (Å²) >= 11 is 3.51. The third-order valence-corrected chi connectivity index (χ3v) is 3.84. The molecule has 2 nitrogen and oxygen atoms in total.